The van der Waals surface area contributed by atoms with Gasteiger partial charge in [0.1, 0.15) is 11.6 Å². The van der Waals surface area contributed by atoms with Crippen molar-refractivity contribution in [1.82, 2.24) is 5.32 Å². The first-order valence-corrected chi connectivity index (χ1v) is 7.71. The minimum absolute atomic E-state index is 0.0580. The van der Waals surface area contributed by atoms with E-state index < -0.39 is 11.6 Å². The van der Waals surface area contributed by atoms with Crippen molar-refractivity contribution >= 4 is 23.0 Å². The van der Waals surface area contributed by atoms with Crippen molar-refractivity contribution in [3.05, 3.63) is 57.8 Å². The van der Waals surface area contributed by atoms with Gasteiger partial charge in [-0.3, -0.25) is 9.59 Å². The smallest absolute Gasteiger partial charge is 0.220 e. The van der Waals surface area contributed by atoms with E-state index in [0.717, 1.165) is 6.07 Å². The fourth-order valence-corrected chi connectivity index (χ4v) is 2.67. The zero-order chi connectivity index (χ0) is 15.9. The molecule has 0 spiro atoms. The molecule has 0 radical (unpaired) electrons. The lowest BCUT2D eigenvalue weighted by Crippen LogP contribution is -2.26. The average molecular weight is 323 g/mol. The first-order valence-electron chi connectivity index (χ1n) is 6.83. The molecule has 0 saturated heterocycles. The molecule has 0 fully saturated rings. The second-order valence-corrected chi connectivity index (χ2v) is 5.73. The summed E-state index contributed by atoms with van der Waals surface area (Å²) in [5.74, 6) is -1.58. The first kappa shape index (κ1) is 16.3. The molecule has 0 aliphatic carbocycles. The Balaban J connectivity index is 1.70. The highest BCUT2D eigenvalue weighted by molar-refractivity contribution is 7.12. The van der Waals surface area contributed by atoms with Crippen LogP contribution >= 0.6 is 11.3 Å². The summed E-state index contributed by atoms with van der Waals surface area (Å²) in [6.45, 7) is 0.273. The van der Waals surface area contributed by atoms with Crippen molar-refractivity contribution in [3.63, 3.8) is 0 Å². The van der Waals surface area contributed by atoms with E-state index >= 15 is 0 Å². The molecule has 6 heteroatoms. The van der Waals surface area contributed by atoms with Crippen LogP contribution in [0.2, 0.25) is 0 Å². The summed E-state index contributed by atoms with van der Waals surface area (Å²) in [5, 5.41) is 4.45. The van der Waals surface area contributed by atoms with Gasteiger partial charge in [-0.2, -0.15) is 0 Å². The standard InChI is InChI=1S/C16H15F2NO2S/c17-12-8-11(9-13(18)10-12)5-6-19-16(21)4-3-14(20)15-2-1-7-22-15/h1-2,7-10H,3-6H2,(H,19,21). The van der Waals surface area contributed by atoms with Crippen LogP contribution in [-0.2, 0) is 11.2 Å². The first-order chi connectivity index (χ1) is 10.5. The Morgan fingerprint density at radius 2 is 1.82 bits per heavy atom. The molecule has 0 saturated carbocycles. The van der Waals surface area contributed by atoms with Crippen LogP contribution in [0.4, 0.5) is 8.78 Å². The normalized spacial score (nSPS) is 10.5. The zero-order valence-electron chi connectivity index (χ0n) is 11.8. The van der Waals surface area contributed by atoms with Gasteiger partial charge in [0.25, 0.3) is 0 Å². The van der Waals surface area contributed by atoms with Gasteiger partial charge < -0.3 is 5.32 Å². The average Bonchev–Trinajstić information content (AvgIpc) is 2.98. The minimum Gasteiger partial charge on any atom is -0.356 e. The van der Waals surface area contributed by atoms with Crippen molar-refractivity contribution < 1.29 is 18.4 Å². The van der Waals surface area contributed by atoms with Gasteiger partial charge in [-0.15, -0.1) is 11.3 Å². The van der Waals surface area contributed by atoms with Gasteiger partial charge in [0.15, 0.2) is 5.78 Å². The molecule has 22 heavy (non-hydrogen) atoms. The SMILES string of the molecule is O=C(CCC(=O)c1cccs1)NCCc1cc(F)cc(F)c1. The summed E-state index contributed by atoms with van der Waals surface area (Å²) in [6, 6.07) is 6.78. The number of carbonyl (C=O) groups is 2. The Kier molecular flexibility index (Phi) is 5.77. The van der Waals surface area contributed by atoms with E-state index in [0.29, 0.717) is 16.9 Å². The number of carbonyl (C=O) groups excluding carboxylic acids is 2. The van der Waals surface area contributed by atoms with Crippen molar-refractivity contribution in [2.24, 2.45) is 0 Å². The summed E-state index contributed by atoms with van der Waals surface area (Å²) in [7, 11) is 0. The molecule has 0 atom stereocenters. The number of Topliss-reactive ketones (excluding diaryl/α,β-unsaturated/α-hetero) is 1. The van der Waals surface area contributed by atoms with Crippen LogP contribution in [0.5, 0.6) is 0 Å². The molecule has 0 aliphatic heterocycles. The third kappa shape index (κ3) is 5.04. The maximum atomic E-state index is 13.0. The van der Waals surface area contributed by atoms with Crippen molar-refractivity contribution in [1.29, 1.82) is 0 Å². The lowest BCUT2D eigenvalue weighted by atomic mass is 10.1. The van der Waals surface area contributed by atoms with Gasteiger partial charge >= 0.3 is 0 Å². The maximum Gasteiger partial charge on any atom is 0.220 e. The summed E-state index contributed by atoms with van der Waals surface area (Å²) < 4.78 is 26.0. The largest absolute Gasteiger partial charge is 0.356 e. The molecule has 3 nitrogen and oxygen atoms in total. The number of thiophene rings is 1. The van der Waals surface area contributed by atoms with Crippen LogP contribution in [0.15, 0.2) is 35.7 Å². The molecule has 2 rings (SSSR count). The Morgan fingerprint density at radius 1 is 1.09 bits per heavy atom. The number of benzene rings is 1. The molecular formula is C16H15F2NO2S. The topological polar surface area (TPSA) is 46.2 Å². The van der Waals surface area contributed by atoms with Gasteiger partial charge in [-0.1, -0.05) is 6.07 Å². The van der Waals surface area contributed by atoms with Crippen molar-refractivity contribution in [2.45, 2.75) is 19.3 Å². The zero-order valence-corrected chi connectivity index (χ0v) is 12.6. The minimum atomic E-state index is -0.636. The summed E-state index contributed by atoms with van der Waals surface area (Å²) in [4.78, 5) is 24.0. The highest BCUT2D eigenvalue weighted by Crippen LogP contribution is 2.12. The number of rotatable bonds is 7. The van der Waals surface area contributed by atoms with Gasteiger partial charge in [0.05, 0.1) is 4.88 Å². The van der Waals surface area contributed by atoms with Gasteiger partial charge in [0.2, 0.25) is 5.91 Å². The van der Waals surface area contributed by atoms with Crippen LogP contribution in [-0.4, -0.2) is 18.2 Å². The lowest BCUT2D eigenvalue weighted by molar-refractivity contribution is -0.121. The van der Waals surface area contributed by atoms with Crippen LogP contribution in [0.3, 0.4) is 0 Å². The van der Waals surface area contributed by atoms with E-state index in [1.807, 2.05) is 5.38 Å². The monoisotopic (exact) mass is 323 g/mol. The highest BCUT2D eigenvalue weighted by Gasteiger charge is 2.10. The van der Waals surface area contributed by atoms with E-state index in [2.05, 4.69) is 5.32 Å². The third-order valence-electron chi connectivity index (χ3n) is 3.03. The van der Waals surface area contributed by atoms with Crippen LogP contribution in [0, 0.1) is 11.6 Å². The molecule has 0 aliphatic rings. The van der Waals surface area contributed by atoms with E-state index in [-0.39, 0.29) is 31.1 Å². The van der Waals surface area contributed by atoms with Crippen molar-refractivity contribution in [3.8, 4) is 0 Å². The predicted octanol–water partition coefficient (Wildman–Crippen LogP) is 3.35. The Bertz CT molecular complexity index is 636. The van der Waals surface area contributed by atoms with E-state index in [4.69, 9.17) is 0 Å². The molecule has 1 N–H and O–H groups in total. The maximum absolute atomic E-state index is 13.0. The number of amides is 1. The van der Waals surface area contributed by atoms with Crippen LogP contribution in [0.1, 0.15) is 28.1 Å². The third-order valence-corrected chi connectivity index (χ3v) is 3.94. The van der Waals surface area contributed by atoms with E-state index in [1.165, 1.54) is 23.5 Å². The number of ketones is 1. The van der Waals surface area contributed by atoms with Crippen LogP contribution in [0.25, 0.3) is 0 Å². The quantitative estimate of drug-likeness (QED) is 0.794. The number of nitrogens with one attached hydrogen (secondary N) is 1. The Morgan fingerprint density at radius 3 is 2.45 bits per heavy atom. The number of hydrogen-bond acceptors (Lipinski definition) is 3. The Hall–Kier alpha value is -2.08. The molecule has 116 valence electrons. The Labute approximate surface area is 131 Å². The predicted molar refractivity (Wildman–Crippen MR) is 81.0 cm³/mol. The molecule has 1 aromatic heterocycles. The van der Waals surface area contributed by atoms with Crippen molar-refractivity contribution in [2.75, 3.05) is 6.54 Å². The van der Waals surface area contributed by atoms with Gasteiger partial charge in [0, 0.05) is 25.5 Å². The molecule has 0 unspecified atom stereocenters. The number of halogens is 2. The fraction of sp³-hybridized carbons (Fsp3) is 0.250. The lowest BCUT2D eigenvalue weighted by Gasteiger charge is -2.05. The molecule has 1 amide bonds. The second kappa shape index (κ2) is 7.79. The highest BCUT2D eigenvalue weighted by atomic mass is 32.1. The van der Waals surface area contributed by atoms with E-state index in [1.54, 1.807) is 12.1 Å². The fourth-order valence-electron chi connectivity index (χ4n) is 1.98. The second-order valence-electron chi connectivity index (χ2n) is 4.78. The van der Waals surface area contributed by atoms with Crippen LogP contribution < -0.4 is 5.32 Å². The molecule has 0 bridgehead atoms. The van der Waals surface area contributed by atoms with E-state index in [9.17, 15) is 18.4 Å². The van der Waals surface area contributed by atoms with Gasteiger partial charge in [-0.25, -0.2) is 8.78 Å². The molecule has 1 heterocycles. The molecule has 1 aromatic carbocycles. The summed E-state index contributed by atoms with van der Waals surface area (Å²) in [5.41, 5.74) is 0.479. The van der Waals surface area contributed by atoms with Gasteiger partial charge in [-0.05, 0) is 35.6 Å². The number of hydrogen-bond donors (Lipinski definition) is 1. The summed E-state index contributed by atoms with van der Waals surface area (Å²) >= 11 is 1.35. The molecule has 2 aromatic rings. The molecular weight excluding hydrogens is 308 g/mol. The summed E-state index contributed by atoms with van der Waals surface area (Å²) in [6.07, 6.45) is 0.592.